The van der Waals surface area contributed by atoms with Gasteiger partial charge < -0.3 is 45.1 Å². The summed E-state index contributed by atoms with van der Waals surface area (Å²) >= 11 is 0. The summed E-state index contributed by atoms with van der Waals surface area (Å²) in [5, 5.41) is 0. The molecule has 4 aliphatic heterocycles. The Kier molecular flexibility index (Phi) is 5.61. The minimum atomic E-state index is -0.300. The van der Waals surface area contributed by atoms with Crippen LogP contribution < -0.4 is 35.9 Å². The molecule has 7 nitrogen and oxygen atoms in total. The van der Waals surface area contributed by atoms with E-state index in [1.54, 1.807) is 0 Å². The van der Waals surface area contributed by atoms with Crippen molar-refractivity contribution in [3.05, 3.63) is 81.9 Å². The number of rotatable bonds is 3. The molecule has 0 saturated heterocycles. The van der Waals surface area contributed by atoms with Crippen LogP contribution in [0, 0.1) is 0 Å². The van der Waals surface area contributed by atoms with E-state index in [1.807, 2.05) is 24.3 Å². The van der Waals surface area contributed by atoms with Crippen molar-refractivity contribution in [3.8, 4) is 23.0 Å². The molecule has 2 unspecified atom stereocenters. The second kappa shape index (κ2) is 8.71. The second-order valence-electron chi connectivity index (χ2n) is 9.72. The first-order chi connectivity index (χ1) is 17.1. The Morgan fingerprint density at radius 3 is 2.61 bits per heavy atom. The van der Waals surface area contributed by atoms with Crippen LogP contribution in [0.3, 0.4) is 0 Å². The topological polar surface area (TPSA) is 63.2 Å². The molecule has 0 radical (unpaired) electrons. The predicted octanol–water partition coefficient (Wildman–Crippen LogP) is 1.31. The largest absolute Gasteiger partial charge is 1.00 e. The number of carbonyl (C=O) groups excluding carboxylic acids is 1. The van der Waals surface area contributed by atoms with E-state index in [2.05, 4.69) is 24.3 Å². The van der Waals surface area contributed by atoms with Gasteiger partial charge in [-0.2, -0.15) is 0 Å². The number of esters is 1. The SMILES string of the molecule is COC(=O)c1ccccc1C[N+]12CCc3cc4c(cc3C1Cc1ccc3c(c1C2)OCO3)OCO4.[Br-]. The summed E-state index contributed by atoms with van der Waals surface area (Å²) in [6.07, 6.45) is 1.80. The van der Waals surface area contributed by atoms with Crippen molar-refractivity contribution in [1.29, 1.82) is 0 Å². The summed E-state index contributed by atoms with van der Waals surface area (Å²) in [7, 11) is 1.44. The molecule has 0 aromatic heterocycles. The van der Waals surface area contributed by atoms with Gasteiger partial charge in [0.25, 0.3) is 0 Å². The number of carbonyl (C=O) groups is 1. The Bertz CT molecular complexity index is 1370. The lowest BCUT2D eigenvalue weighted by Gasteiger charge is -2.51. The minimum Gasteiger partial charge on any atom is -1.00 e. The zero-order valence-electron chi connectivity index (χ0n) is 19.9. The number of hydrogen-bond acceptors (Lipinski definition) is 6. The zero-order valence-corrected chi connectivity index (χ0v) is 21.5. The number of benzene rings is 3. The highest BCUT2D eigenvalue weighted by molar-refractivity contribution is 5.90. The maximum absolute atomic E-state index is 12.6. The first-order valence-corrected chi connectivity index (χ1v) is 12.0. The summed E-state index contributed by atoms with van der Waals surface area (Å²) in [6.45, 7) is 2.98. The van der Waals surface area contributed by atoms with Crippen LogP contribution in [-0.4, -0.2) is 37.7 Å². The molecule has 36 heavy (non-hydrogen) atoms. The minimum absolute atomic E-state index is 0. The van der Waals surface area contributed by atoms with Gasteiger partial charge in [0.15, 0.2) is 23.0 Å². The molecule has 8 heteroatoms. The Hall–Kier alpha value is -3.23. The van der Waals surface area contributed by atoms with Gasteiger partial charge in [0, 0.05) is 24.0 Å². The summed E-state index contributed by atoms with van der Waals surface area (Å²) < 4.78 is 29.0. The van der Waals surface area contributed by atoms with Crippen molar-refractivity contribution in [2.45, 2.75) is 32.0 Å². The van der Waals surface area contributed by atoms with Gasteiger partial charge in [0.1, 0.15) is 19.1 Å². The molecule has 0 aliphatic carbocycles. The maximum atomic E-state index is 12.6. The van der Waals surface area contributed by atoms with Gasteiger partial charge in [-0.25, -0.2) is 4.79 Å². The van der Waals surface area contributed by atoms with E-state index in [1.165, 1.54) is 29.4 Å². The molecule has 0 fully saturated rings. The Labute approximate surface area is 219 Å². The monoisotopic (exact) mass is 551 g/mol. The fourth-order valence-electron chi connectivity index (χ4n) is 6.32. The molecular formula is C28H26BrNO6. The van der Waals surface area contributed by atoms with E-state index in [9.17, 15) is 4.79 Å². The van der Waals surface area contributed by atoms with Gasteiger partial charge in [-0.15, -0.1) is 0 Å². The molecule has 3 aromatic rings. The van der Waals surface area contributed by atoms with Crippen LogP contribution in [0.5, 0.6) is 23.0 Å². The average Bonchev–Trinajstić information content (AvgIpc) is 3.55. The van der Waals surface area contributed by atoms with Crippen molar-refractivity contribution in [2.75, 3.05) is 27.2 Å². The third kappa shape index (κ3) is 3.46. The van der Waals surface area contributed by atoms with E-state index in [0.717, 1.165) is 59.0 Å². The van der Waals surface area contributed by atoms with Gasteiger partial charge in [0.05, 0.1) is 24.8 Å². The Balaban J connectivity index is 0.00000240. The fourth-order valence-corrected chi connectivity index (χ4v) is 6.32. The third-order valence-electron chi connectivity index (χ3n) is 8.01. The molecule has 4 aliphatic rings. The van der Waals surface area contributed by atoms with Crippen molar-refractivity contribution >= 4 is 5.97 Å². The number of nitrogens with zero attached hydrogens (tertiary/aromatic N) is 1. The molecular weight excluding hydrogens is 526 g/mol. The third-order valence-corrected chi connectivity index (χ3v) is 8.01. The van der Waals surface area contributed by atoms with Crippen LogP contribution in [0.4, 0.5) is 0 Å². The Morgan fingerprint density at radius 2 is 1.75 bits per heavy atom. The predicted molar refractivity (Wildman–Crippen MR) is 126 cm³/mol. The van der Waals surface area contributed by atoms with Gasteiger partial charge >= 0.3 is 5.97 Å². The van der Waals surface area contributed by atoms with E-state index in [-0.39, 0.29) is 42.6 Å². The van der Waals surface area contributed by atoms with Gasteiger partial charge in [0.2, 0.25) is 13.6 Å². The van der Waals surface area contributed by atoms with Crippen molar-refractivity contribution in [1.82, 2.24) is 0 Å². The molecule has 0 N–H and O–H groups in total. The number of quaternary nitrogens is 1. The molecule has 0 spiro atoms. The summed E-state index contributed by atoms with van der Waals surface area (Å²) in [4.78, 5) is 12.6. The number of fused-ring (bicyclic) bond motifs is 7. The number of hydrogen-bond donors (Lipinski definition) is 0. The summed E-state index contributed by atoms with van der Waals surface area (Å²) in [5.41, 5.74) is 6.76. The molecule has 0 bridgehead atoms. The second-order valence-corrected chi connectivity index (χ2v) is 9.72. The number of ether oxygens (including phenoxy) is 5. The molecule has 0 saturated carbocycles. The van der Waals surface area contributed by atoms with Crippen LogP contribution in [-0.2, 0) is 30.7 Å². The summed E-state index contributed by atoms with van der Waals surface area (Å²) in [6, 6.07) is 16.6. The molecule has 0 amide bonds. The number of methoxy groups -OCH3 is 1. The lowest BCUT2D eigenvalue weighted by molar-refractivity contribution is -0.985. The van der Waals surface area contributed by atoms with Crippen molar-refractivity contribution in [3.63, 3.8) is 0 Å². The van der Waals surface area contributed by atoms with Crippen molar-refractivity contribution < 1.29 is 49.9 Å². The highest BCUT2D eigenvalue weighted by Gasteiger charge is 2.48. The average molecular weight is 552 g/mol. The maximum Gasteiger partial charge on any atom is 0.338 e. The highest BCUT2D eigenvalue weighted by atomic mass is 79.9. The fraction of sp³-hybridized carbons (Fsp3) is 0.321. The van der Waals surface area contributed by atoms with Crippen LogP contribution in [0.15, 0.2) is 48.5 Å². The van der Waals surface area contributed by atoms with Crippen LogP contribution in [0.1, 0.15) is 44.2 Å². The standard InChI is InChI=1S/C28H26NO6.BrH/c1-31-28(30)20-5-3-2-4-19(20)13-29-9-8-18-11-25-26(34-15-33-25)12-21(18)23(29)10-17-6-7-24-27(22(17)14-29)35-16-32-24;/h2-7,11-12,23H,8-10,13-16H2,1H3;1H/q+1;/p-1. The van der Waals surface area contributed by atoms with E-state index < -0.39 is 0 Å². The molecule has 7 rings (SSSR count). The van der Waals surface area contributed by atoms with Crippen molar-refractivity contribution in [2.24, 2.45) is 0 Å². The smallest absolute Gasteiger partial charge is 0.338 e. The first kappa shape index (κ1) is 23.2. The quantitative estimate of drug-likeness (QED) is 0.361. The lowest BCUT2D eigenvalue weighted by atomic mass is 9.80. The zero-order chi connectivity index (χ0) is 23.6. The van der Waals surface area contributed by atoms with E-state index in [0.29, 0.717) is 12.1 Å². The molecule has 4 heterocycles. The normalized spacial score (nSPS) is 22.1. The Morgan fingerprint density at radius 1 is 0.972 bits per heavy atom. The lowest BCUT2D eigenvalue weighted by Crippen LogP contribution is -3.00. The van der Waals surface area contributed by atoms with Gasteiger partial charge in [-0.05, 0) is 35.4 Å². The summed E-state index contributed by atoms with van der Waals surface area (Å²) in [5.74, 6) is 3.04. The van der Waals surface area contributed by atoms with Crippen LogP contribution in [0.2, 0.25) is 0 Å². The number of halogens is 1. The van der Waals surface area contributed by atoms with E-state index >= 15 is 0 Å². The van der Waals surface area contributed by atoms with Crippen LogP contribution >= 0.6 is 0 Å². The first-order valence-electron chi connectivity index (χ1n) is 12.0. The molecule has 2 atom stereocenters. The van der Waals surface area contributed by atoms with Gasteiger partial charge in [-0.3, -0.25) is 0 Å². The van der Waals surface area contributed by atoms with Crippen LogP contribution in [0.25, 0.3) is 0 Å². The molecule has 186 valence electrons. The molecule has 3 aromatic carbocycles. The van der Waals surface area contributed by atoms with E-state index in [4.69, 9.17) is 23.7 Å². The highest BCUT2D eigenvalue weighted by Crippen LogP contribution is 2.52. The van der Waals surface area contributed by atoms with Gasteiger partial charge in [-0.1, -0.05) is 24.3 Å².